The maximum atomic E-state index is 11.7. The molecule has 0 aliphatic carbocycles. The van der Waals surface area contributed by atoms with Crippen LogP contribution in [0.5, 0.6) is 0 Å². The number of hydrogen-bond acceptors (Lipinski definition) is 5. The maximum Gasteiger partial charge on any atom is 0.414 e. The van der Waals surface area contributed by atoms with Crippen molar-refractivity contribution < 1.29 is 29.3 Å². The fourth-order valence-electron chi connectivity index (χ4n) is 3.16. The minimum atomic E-state index is -1.26. The van der Waals surface area contributed by atoms with Gasteiger partial charge in [0.15, 0.2) is 5.60 Å². The first-order chi connectivity index (χ1) is 13.2. The van der Waals surface area contributed by atoms with E-state index in [1.54, 1.807) is 7.05 Å². The van der Waals surface area contributed by atoms with Gasteiger partial charge in [-0.2, -0.15) is 0 Å². The van der Waals surface area contributed by atoms with Crippen LogP contribution in [0.25, 0.3) is 0 Å². The van der Waals surface area contributed by atoms with Gasteiger partial charge in [-0.3, -0.25) is 9.80 Å². The molecular weight excluding hydrogens is 364 g/mol. The third-order valence-electron chi connectivity index (χ3n) is 4.77. The van der Waals surface area contributed by atoms with Crippen LogP contribution in [0.3, 0.4) is 0 Å². The summed E-state index contributed by atoms with van der Waals surface area (Å²) in [5.41, 5.74) is 1.67. The largest absolute Gasteiger partial charge is 0.478 e. The van der Waals surface area contributed by atoms with Gasteiger partial charge in [0, 0.05) is 51.7 Å². The Labute approximate surface area is 163 Å². The average molecular weight is 388 g/mol. The van der Waals surface area contributed by atoms with E-state index in [2.05, 4.69) is 35.7 Å². The SMILES string of the molecule is C=C1N(C)C(=O)OC12CCN(Cc1ccccc1)CC2.O=C(O)/C=C\C(=O)O. The first-order valence-electron chi connectivity index (χ1n) is 8.80. The van der Waals surface area contributed by atoms with E-state index in [-0.39, 0.29) is 6.09 Å². The van der Waals surface area contributed by atoms with Crippen LogP contribution in [0.4, 0.5) is 4.79 Å². The molecule has 8 heteroatoms. The molecule has 2 N–H and O–H groups in total. The first kappa shape index (κ1) is 21.2. The van der Waals surface area contributed by atoms with Crippen molar-refractivity contribution in [2.75, 3.05) is 20.1 Å². The predicted octanol–water partition coefficient (Wildman–Crippen LogP) is 2.33. The van der Waals surface area contributed by atoms with Gasteiger partial charge in [-0.1, -0.05) is 36.9 Å². The average Bonchev–Trinajstić information content (AvgIpc) is 2.87. The molecule has 3 rings (SSSR count). The molecule has 2 saturated heterocycles. The van der Waals surface area contributed by atoms with Gasteiger partial charge < -0.3 is 14.9 Å². The number of rotatable bonds is 4. The lowest BCUT2D eigenvalue weighted by Crippen LogP contribution is -2.45. The number of likely N-dealkylation sites (tertiary alicyclic amines) is 1. The van der Waals surface area contributed by atoms with Crippen molar-refractivity contribution >= 4 is 18.0 Å². The summed E-state index contributed by atoms with van der Waals surface area (Å²) in [6.45, 7) is 6.84. The molecule has 0 atom stereocenters. The summed E-state index contributed by atoms with van der Waals surface area (Å²) in [7, 11) is 1.73. The predicted molar refractivity (Wildman–Crippen MR) is 101 cm³/mol. The second-order valence-electron chi connectivity index (χ2n) is 6.64. The third kappa shape index (κ3) is 5.43. The van der Waals surface area contributed by atoms with Crippen LogP contribution in [-0.4, -0.2) is 63.8 Å². The van der Waals surface area contributed by atoms with Crippen LogP contribution in [-0.2, 0) is 20.9 Å². The van der Waals surface area contributed by atoms with E-state index in [4.69, 9.17) is 14.9 Å². The lowest BCUT2D eigenvalue weighted by molar-refractivity contribution is -0.134. The molecule has 0 radical (unpaired) electrons. The Hall–Kier alpha value is -3.13. The highest BCUT2D eigenvalue weighted by atomic mass is 16.6. The number of aliphatic carboxylic acids is 2. The van der Waals surface area contributed by atoms with Crippen LogP contribution in [0.1, 0.15) is 18.4 Å². The van der Waals surface area contributed by atoms with Crippen molar-refractivity contribution in [3.63, 3.8) is 0 Å². The molecule has 8 nitrogen and oxygen atoms in total. The fraction of sp³-hybridized carbons (Fsp3) is 0.350. The molecule has 2 fully saturated rings. The van der Waals surface area contributed by atoms with Gasteiger partial charge >= 0.3 is 18.0 Å². The van der Waals surface area contributed by atoms with Gasteiger partial charge in [-0.05, 0) is 5.56 Å². The van der Waals surface area contributed by atoms with Gasteiger partial charge in [0.1, 0.15) is 0 Å². The monoisotopic (exact) mass is 388 g/mol. The molecule has 2 aliphatic rings. The number of piperidine rings is 1. The van der Waals surface area contributed by atoms with Crippen LogP contribution < -0.4 is 0 Å². The third-order valence-corrected chi connectivity index (χ3v) is 4.77. The van der Waals surface area contributed by atoms with Gasteiger partial charge in [-0.25, -0.2) is 14.4 Å². The molecular formula is C20H24N2O6. The molecule has 2 heterocycles. The second kappa shape index (κ2) is 9.18. The highest BCUT2D eigenvalue weighted by molar-refractivity contribution is 5.89. The lowest BCUT2D eigenvalue weighted by atomic mass is 9.88. The van der Waals surface area contributed by atoms with Gasteiger partial charge in [-0.15, -0.1) is 0 Å². The van der Waals surface area contributed by atoms with Crippen LogP contribution >= 0.6 is 0 Å². The number of benzene rings is 1. The van der Waals surface area contributed by atoms with E-state index in [1.165, 1.54) is 10.5 Å². The molecule has 0 aromatic heterocycles. The Morgan fingerprint density at radius 3 is 2.11 bits per heavy atom. The number of amides is 1. The highest BCUT2D eigenvalue weighted by Gasteiger charge is 2.49. The molecule has 2 aliphatic heterocycles. The van der Waals surface area contributed by atoms with Crippen molar-refractivity contribution in [1.82, 2.24) is 9.80 Å². The minimum absolute atomic E-state index is 0.272. The Kier molecular flexibility index (Phi) is 6.94. The number of likely N-dealkylation sites (N-methyl/N-ethyl adjacent to an activating group) is 1. The number of carboxylic acids is 2. The van der Waals surface area contributed by atoms with E-state index < -0.39 is 17.5 Å². The number of carbonyl (C=O) groups excluding carboxylic acids is 1. The Balaban J connectivity index is 0.000000300. The van der Waals surface area contributed by atoms with Gasteiger partial charge in [0.2, 0.25) is 0 Å². The normalized spacial score (nSPS) is 18.7. The van der Waals surface area contributed by atoms with Crippen LogP contribution in [0.2, 0.25) is 0 Å². The summed E-state index contributed by atoms with van der Waals surface area (Å²) in [5.74, 6) is -2.51. The van der Waals surface area contributed by atoms with E-state index in [9.17, 15) is 14.4 Å². The van der Waals surface area contributed by atoms with E-state index in [0.717, 1.165) is 38.2 Å². The number of carboxylic acid groups (broad SMARTS) is 2. The van der Waals surface area contributed by atoms with Crippen LogP contribution in [0, 0.1) is 0 Å². The zero-order valence-electron chi connectivity index (χ0n) is 15.7. The zero-order chi connectivity index (χ0) is 20.7. The van der Waals surface area contributed by atoms with Crippen molar-refractivity contribution in [1.29, 1.82) is 0 Å². The van der Waals surface area contributed by atoms with E-state index >= 15 is 0 Å². The standard InChI is InChI=1S/C16H20N2O2.C4H4O4/c1-13-16(20-15(19)17(13)2)8-10-18(11-9-16)12-14-6-4-3-5-7-14;5-3(6)1-2-4(7)8/h3-7H,1,8-12H2,2H3;1-2H,(H,5,6)(H,7,8)/b;2-1-. The lowest BCUT2D eigenvalue weighted by Gasteiger charge is -2.38. The molecule has 0 bridgehead atoms. The Morgan fingerprint density at radius 1 is 1.14 bits per heavy atom. The molecule has 1 aromatic rings. The summed E-state index contributed by atoms with van der Waals surface area (Å²) in [4.78, 5) is 34.7. The molecule has 0 unspecified atom stereocenters. The minimum Gasteiger partial charge on any atom is -0.478 e. The second-order valence-corrected chi connectivity index (χ2v) is 6.64. The Bertz CT molecular complexity index is 750. The Morgan fingerprint density at radius 2 is 1.68 bits per heavy atom. The molecule has 1 aromatic carbocycles. The highest BCUT2D eigenvalue weighted by Crippen LogP contribution is 2.39. The first-order valence-corrected chi connectivity index (χ1v) is 8.80. The maximum absolute atomic E-state index is 11.7. The smallest absolute Gasteiger partial charge is 0.414 e. The molecule has 28 heavy (non-hydrogen) atoms. The summed E-state index contributed by atoms with van der Waals surface area (Å²) < 4.78 is 5.57. The number of ether oxygens (including phenoxy) is 1. The van der Waals surface area contributed by atoms with Crippen molar-refractivity contribution in [2.24, 2.45) is 0 Å². The summed E-state index contributed by atoms with van der Waals surface area (Å²) >= 11 is 0. The zero-order valence-corrected chi connectivity index (χ0v) is 15.7. The molecule has 0 saturated carbocycles. The quantitative estimate of drug-likeness (QED) is 0.762. The van der Waals surface area contributed by atoms with Crippen molar-refractivity contribution in [3.8, 4) is 0 Å². The molecule has 1 spiro atoms. The number of hydrogen-bond donors (Lipinski definition) is 2. The van der Waals surface area contributed by atoms with Crippen molar-refractivity contribution in [2.45, 2.75) is 25.0 Å². The summed E-state index contributed by atoms with van der Waals surface area (Å²) in [5, 5.41) is 15.6. The van der Waals surface area contributed by atoms with Crippen molar-refractivity contribution in [3.05, 3.63) is 60.3 Å². The summed E-state index contributed by atoms with van der Waals surface area (Å²) in [6, 6.07) is 10.5. The summed E-state index contributed by atoms with van der Waals surface area (Å²) in [6.07, 6.45) is 2.50. The number of nitrogens with zero attached hydrogens (tertiary/aromatic N) is 2. The molecule has 1 amide bonds. The topological polar surface area (TPSA) is 107 Å². The number of carbonyl (C=O) groups is 3. The van der Waals surface area contributed by atoms with E-state index in [1.807, 2.05) is 6.07 Å². The van der Waals surface area contributed by atoms with Gasteiger partial charge in [0.05, 0.1) is 5.70 Å². The fourth-order valence-corrected chi connectivity index (χ4v) is 3.16. The molecule has 150 valence electrons. The van der Waals surface area contributed by atoms with E-state index in [0.29, 0.717) is 12.2 Å². The van der Waals surface area contributed by atoms with Crippen LogP contribution in [0.15, 0.2) is 54.8 Å². The van der Waals surface area contributed by atoms with Gasteiger partial charge in [0.25, 0.3) is 0 Å².